The van der Waals surface area contributed by atoms with Crippen LogP contribution in [0.4, 0.5) is 0 Å². The van der Waals surface area contributed by atoms with Gasteiger partial charge in [-0.2, -0.15) is 0 Å². The molecule has 2 N–H and O–H groups in total. The largest absolute Gasteiger partial charge is 0.394 e. The van der Waals surface area contributed by atoms with Crippen LogP contribution in [-0.2, 0) is 4.79 Å². The van der Waals surface area contributed by atoms with E-state index in [0.717, 1.165) is 19.3 Å². The first-order chi connectivity index (χ1) is 7.24. The Labute approximate surface area is 93.3 Å². The number of unbranched alkanes of at least 4 members (excludes halogenated alkanes) is 4. The van der Waals surface area contributed by atoms with Gasteiger partial charge in [-0.15, -0.1) is 0 Å². The van der Waals surface area contributed by atoms with Crippen LogP contribution in [0, 0.1) is 0 Å². The Balaban J connectivity index is 3.40. The van der Waals surface area contributed by atoms with Crippen molar-refractivity contribution in [3.05, 3.63) is 0 Å². The lowest BCUT2D eigenvalue weighted by molar-refractivity contribution is -0.122. The van der Waals surface area contributed by atoms with Crippen LogP contribution in [0.1, 0.15) is 58.8 Å². The second-order valence-electron chi connectivity index (χ2n) is 4.02. The van der Waals surface area contributed by atoms with Gasteiger partial charge in [0.15, 0.2) is 0 Å². The Bertz CT molecular complexity index is 156. The minimum atomic E-state index is -0.0619. The number of aliphatic hydroxyl groups is 1. The molecule has 0 rings (SSSR count). The molecule has 1 amide bonds. The standard InChI is InChI=1S/C12H25NO2/c1-3-5-6-7-8-9-12(15)13-11(4-2)10-14/h11,14H,3-10H2,1-2H3,(H,13,15). The highest BCUT2D eigenvalue weighted by molar-refractivity contribution is 5.76. The monoisotopic (exact) mass is 215 g/mol. The molecule has 15 heavy (non-hydrogen) atoms. The first-order valence-corrected chi connectivity index (χ1v) is 6.14. The van der Waals surface area contributed by atoms with Gasteiger partial charge in [0.05, 0.1) is 12.6 Å². The van der Waals surface area contributed by atoms with Crippen molar-refractivity contribution in [2.24, 2.45) is 0 Å². The molecule has 0 spiro atoms. The number of nitrogens with one attached hydrogen (secondary N) is 1. The fourth-order valence-corrected chi connectivity index (χ4v) is 1.47. The second kappa shape index (κ2) is 9.97. The van der Waals surface area contributed by atoms with E-state index in [0.29, 0.717) is 6.42 Å². The molecule has 0 bridgehead atoms. The van der Waals surface area contributed by atoms with Gasteiger partial charge in [0.25, 0.3) is 0 Å². The molecule has 0 aromatic rings. The number of hydrogen-bond acceptors (Lipinski definition) is 2. The maximum atomic E-state index is 11.4. The smallest absolute Gasteiger partial charge is 0.220 e. The van der Waals surface area contributed by atoms with Crippen LogP contribution in [0.25, 0.3) is 0 Å². The van der Waals surface area contributed by atoms with Crippen LogP contribution in [0.3, 0.4) is 0 Å². The van der Waals surface area contributed by atoms with Crippen LogP contribution >= 0.6 is 0 Å². The second-order valence-corrected chi connectivity index (χ2v) is 4.02. The van der Waals surface area contributed by atoms with Gasteiger partial charge >= 0.3 is 0 Å². The highest BCUT2D eigenvalue weighted by Gasteiger charge is 2.07. The molecule has 0 aliphatic heterocycles. The van der Waals surface area contributed by atoms with E-state index < -0.39 is 0 Å². The topological polar surface area (TPSA) is 49.3 Å². The highest BCUT2D eigenvalue weighted by atomic mass is 16.3. The summed E-state index contributed by atoms with van der Waals surface area (Å²) in [5.74, 6) is 0.0763. The molecule has 3 nitrogen and oxygen atoms in total. The van der Waals surface area contributed by atoms with Crippen molar-refractivity contribution in [3.63, 3.8) is 0 Å². The quantitative estimate of drug-likeness (QED) is 0.579. The summed E-state index contributed by atoms with van der Waals surface area (Å²) in [5, 5.41) is 11.7. The summed E-state index contributed by atoms with van der Waals surface area (Å²) in [4.78, 5) is 11.4. The summed E-state index contributed by atoms with van der Waals surface area (Å²) in [6.07, 6.45) is 7.20. The average molecular weight is 215 g/mol. The zero-order valence-electron chi connectivity index (χ0n) is 10.1. The van der Waals surface area contributed by atoms with Crippen LogP contribution < -0.4 is 5.32 Å². The molecule has 0 heterocycles. The Morgan fingerprint density at radius 3 is 2.40 bits per heavy atom. The van der Waals surface area contributed by atoms with E-state index in [-0.39, 0.29) is 18.6 Å². The van der Waals surface area contributed by atoms with Gasteiger partial charge in [0.2, 0.25) is 5.91 Å². The molecule has 0 fully saturated rings. The molecule has 3 heteroatoms. The Morgan fingerprint density at radius 2 is 1.87 bits per heavy atom. The van der Waals surface area contributed by atoms with Crippen LogP contribution in [0.2, 0.25) is 0 Å². The summed E-state index contributed by atoms with van der Waals surface area (Å²) in [5.41, 5.74) is 0. The number of amides is 1. The molecule has 0 aromatic carbocycles. The fourth-order valence-electron chi connectivity index (χ4n) is 1.47. The first kappa shape index (κ1) is 14.4. The van der Waals surface area contributed by atoms with Crippen molar-refractivity contribution in [1.82, 2.24) is 5.32 Å². The zero-order chi connectivity index (χ0) is 11.5. The third kappa shape index (κ3) is 8.43. The van der Waals surface area contributed by atoms with E-state index in [1.54, 1.807) is 0 Å². The van der Waals surface area contributed by atoms with E-state index in [4.69, 9.17) is 5.11 Å². The summed E-state index contributed by atoms with van der Waals surface area (Å²) in [7, 11) is 0. The van der Waals surface area contributed by atoms with E-state index in [2.05, 4.69) is 12.2 Å². The van der Waals surface area contributed by atoms with E-state index in [1.165, 1.54) is 19.3 Å². The molecular formula is C12H25NO2. The van der Waals surface area contributed by atoms with Crippen LogP contribution in [0.15, 0.2) is 0 Å². The van der Waals surface area contributed by atoms with Crippen LogP contribution in [0.5, 0.6) is 0 Å². The lowest BCUT2D eigenvalue weighted by Crippen LogP contribution is -2.36. The SMILES string of the molecule is CCCCCCCC(=O)NC(CC)CO. The lowest BCUT2D eigenvalue weighted by Gasteiger charge is -2.13. The molecule has 0 saturated carbocycles. The van der Waals surface area contributed by atoms with Crippen molar-refractivity contribution >= 4 is 5.91 Å². The van der Waals surface area contributed by atoms with Gasteiger partial charge in [-0.05, 0) is 12.8 Å². The molecule has 90 valence electrons. The molecule has 1 unspecified atom stereocenters. The number of carbonyl (C=O) groups excluding carboxylic acids is 1. The minimum Gasteiger partial charge on any atom is -0.394 e. The van der Waals surface area contributed by atoms with E-state index in [9.17, 15) is 4.79 Å². The summed E-state index contributed by atoms with van der Waals surface area (Å²) in [6, 6.07) is -0.0619. The predicted octanol–water partition coefficient (Wildman–Crippen LogP) is 2.23. The van der Waals surface area contributed by atoms with Gasteiger partial charge in [-0.25, -0.2) is 0 Å². The number of carbonyl (C=O) groups is 1. The Morgan fingerprint density at radius 1 is 1.20 bits per heavy atom. The van der Waals surface area contributed by atoms with Crippen molar-refractivity contribution in [2.45, 2.75) is 64.8 Å². The summed E-state index contributed by atoms with van der Waals surface area (Å²) < 4.78 is 0. The molecular weight excluding hydrogens is 190 g/mol. The first-order valence-electron chi connectivity index (χ1n) is 6.14. The predicted molar refractivity (Wildman–Crippen MR) is 62.7 cm³/mol. The molecule has 0 aromatic heterocycles. The van der Waals surface area contributed by atoms with E-state index in [1.807, 2.05) is 6.92 Å². The van der Waals surface area contributed by atoms with Gasteiger partial charge in [0, 0.05) is 6.42 Å². The van der Waals surface area contributed by atoms with Gasteiger partial charge < -0.3 is 10.4 Å². The summed E-state index contributed by atoms with van der Waals surface area (Å²) >= 11 is 0. The lowest BCUT2D eigenvalue weighted by atomic mass is 10.1. The maximum Gasteiger partial charge on any atom is 0.220 e. The molecule has 0 saturated heterocycles. The Hall–Kier alpha value is -0.570. The number of hydrogen-bond donors (Lipinski definition) is 2. The maximum absolute atomic E-state index is 11.4. The third-order valence-corrected chi connectivity index (χ3v) is 2.59. The van der Waals surface area contributed by atoms with Gasteiger partial charge in [-0.1, -0.05) is 39.5 Å². The van der Waals surface area contributed by atoms with Gasteiger partial charge in [0.1, 0.15) is 0 Å². The fraction of sp³-hybridized carbons (Fsp3) is 0.917. The highest BCUT2D eigenvalue weighted by Crippen LogP contribution is 2.05. The Kier molecular flexibility index (Phi) is 9.59. The van der Waals surface area contributed by atoms with Crippen molar-refractivity contribution in [3.8, 4) is 0 Å². The van der Waals surface area contributed by atoms with Crippen molar-refractivity contribution in [2.75, 3.05) is 6.61 Å². The average Bonchev–Trinajstić information content (AvgIpc) is 2.25. The van der Waals surface area contributed by atoms with Gasteiger partial charge in [-0.3, -0.25) is 4.79 Å². The molecule has 0 aliphatic rings. The number of aliphatic hydroxyl groups excluding tert-OH is 1. The van der Waals surface area contributed by atoms with Crippen molar-refractivity contribution < 1.29 is 9.90 Å². The molecule has 0 aliphatic carbocycles. The third-order valence-electron chi connectivity index (χ3n) is 2.59. The van der Waals surface area contributed by atoms with Crippen LogP contribution in [-0.4, -0.2) is 23.7 Å². The number of rotatable bonds is 9. The minimum absolute atomic E-state index is 0.0398. The van der Waals surface area contributed by atoms with E-state index >= 15 is 0 Å². The van der Waals surface area contributed by atoms with Crippen molar-refractivity contribution in [1.29, 1.82) is 0 Å². The summed E-state index contributed by atoms with van der Waals surface area (Å²) in [6.45, 7) is 4.18. The molecule has 0 radical (unpaired) electrons. The molecule has 1 atom stereocenters. The normalized spacial score (nSPS) is 12.5. The zero-order valence-corrected chi connectivity index (χ0v) is 10.1.